The lowest BCUT2D eigenvalue weighted by Crippen LogP contribution is -2.14. The molecule has 0 saturated carbocycles. The summed E-state index contributed by atoms with van der Waals surface area (Å²) in [5, 5.41) is 32.9. The number of rotatable bonds is 9. The maximum Gasteiger partial charge on any atom is 0.240 e. The van der Waals surface area contributed by atoms with Crippen molar-refractivity contribution in [1.82, 2.24) is 15.2 Å². The lowest BCUT2D eigenvalue weighted by molar-refractivity contribution is -0.113. The van der Waals surface area contributed by atoms with Crippen LogP contribution in [0.5, 0.6) is 11.5 Å². The van der Waals surface area contributed by atoms with Gasteiger partial charge in [-0.05, 0) is 42.2 Å². The van der Waals surface area contributed by atoms with Gasteiger partial charge in [0.25, 0.3) is 0 Å². The van der Waals surface area contributed by atoms with Crippen molar-refractivity contribution in [1.29, 1.82) is 0 Å². The van der Waals surface area contributed by atoms with Gasteiger partial charge in [0.2, 0.25) is 17.0 Å². The highest BCUT2D eigenvalue weighted by Crippen LogP contribution is 2.22. The van der Waals surface area contributed by atoms with Gasteiger partial charge in [0.15, 0.2) is 0 Å². The molecule has 31 heavy (non-hydrogen) atoms. The van der Waals surface area contributed by atoms with Gasteiger partial charge >= 0.3 is 0 Å². The number of hydrogen-bond acceptors (Lipinski definition) is 8. The van der Waals surface area contributed by atoms with Gasteiger partial charge in [0.05, 0.1) is 12.0 Å². The van der Waals surface area contributed by atoms with E-state index in [1.807, 2.05) is 24.3 Å². The number of anilines is 2. The average molecular weight is 441 g/mol. The van der Waals surface area contributed by atoms with Crippen LogP contribution in [0.1, 0.15) is 37.3 Å². The van der Waals surface area contributed by atoms with Crippen molar-refractivity contribution >= 4 is 35.5 Å². The number of benzene rings is 2. The van der Waals surface area contributed by atoms with Crippen LogP contribution in [0.25, 0.3) is 0 Å². The molecule has 1 heterocycles. The molecule has 3 rings (SSSR count). The number of nitrogens with zero attached hydrogens (tertiary/aromatic N) is 3. The SMILES string of the molecule is CC[C@@H](C)c1ccc(NC(=O)CSc2n[nH]c(N/N=C\c3ccc(O)cc3O)n2)cc1. The number of phenolic OH excluding ortho intramolecular Hbond substituents is 2. The van der Waals surface area contributed by atoms with Crippen LogP contribution in [-0.4, -0.2) is 43.3 Å². The van der Waals surface area contributed by atoms with E-state index in [9.17, 15) is 15.0 Å². The van der Waals surface area contributed by atoms with Gasteiger partial charge in [-0.3, -0.25) is 4.79 Å². The normalized spacial score (nSPS) is 12.1. The average Bonchev–Trinajstić information content (AvgIpc) is 3.21. The summed E-state index contributed by atoms with van der Waals surface area (Å²) in [6.45, 7) is 4.32. The number of hydrogen-bond donors (Lipinski definition) is 5. The smallest absolute Gasteiger partial charge is 0.240 e. The summed E-state index contributed by atoms with van der Waals surface area (Å²) >= 11 is 1.19. The molecule has 1 atom stereocenters. The van der Waals surface area contributed by atoms with E-state index in [2.05, 4.69) is 44.9 Å². The first-order valence-electron chi connectivity index (χ1n) is 9.70. The van der Waals surface area contributed by atoms with Crippen LogP contribution in [0.3, 0.4) is 0 Å². The van der Waals surface area contributed by atoms with E-state index < -0.39 is 0 Å². The summed E-state index contributed by atoms with van der Waals surface area (Å²) in [6.07, 6.45) is 2.45. The van der Waals surface area contributed by atoms with E-state index in [-0.39, 0.29) is 29.1 Å². The fourth-order valence-electron chi connectivity index (χ4n) is 2.62. The molecule has 0 aliphatic heterocycles. The first-order chi connectivity index (χ1) is 14.9. The van der Waals surface area contributed by atoms with Crippen molar-refractivity contribution in [3.63, 3.8) is 0 Å². The number of aromatic hydroxyl groups is 2. The molecule has 0 unspecified atom stereocenters. The van der Waals surface area contributed by atoms with Crippen molar-refractivity contribution in [2.75, 3.05) is 16.5 Å². The summed E-state index contributed by atoms with van der Waals surface area (Å²) in [5.41, 5.74) is 5.08. The molecule has 0 aliphatic rings. The highest BCUT2D eigenvalue weighted by Gasteiger charge is 2.09. The molecule has 0 saturated heterocycles. The molecule has 9 nitrogen and oxygen atoms in total. The van der Waals surface area contributed by atoms with E-state index in [0.29, 0.717) is 16.6 Å². The van der Waals surface area contributed by atoms with Crippen molar-refractivity contribution in [2.45, 2.75) is 31.3 Å². The molecule has 3 aromatic rings. The molecule has 1 amide bonds. The zero-order valence-electron chi connectivity index (χ0n) is 17.2. The Bertz CT molecular complexity index is 1050. The molecule has 1 aromatic heterocycles. The quantitative estimate of drug-likeness (QED) is 0.193. The van der Waals surface area contributed by atoms with E-state index in [1.165, 1.54) is 41.7 Å². The van der Waals surface area contributed by atoms with Gasteiger partial charge < -0.3 is 15.5 Å². The van der Waals surface area contributed by atoms with Crippen molar-refractivity contribution < 1.29 is 15.0 Å². The molecule has 0 fully saturated rings. The van der Waals surface area contributed by atoms with Gasteiger partial charge in [0, 0.05) is 17.3 Å². The van der Waals surface area contributed by atoms with Crippen LogP contribution in [0, 0.1) is 0 Å². The molecule has 10 heteroatoms. The number of aromatic amines is 1. The minimum Gasteiger partial charge on any atom is -0.508 e. The third-order valence-electron chi connectivity index (χ3n) is 4.56. The maximum absolute atomic E-state index is 12.2. The number of hydrazone groups is 1. The van der Waals surface area contributed by atoms with Gasteiger partial charge in [-0.1, -0.05) is 37.7 Å². The second-order valence-corrected chi connectivity index (χ2v) is 7.79. The Kier molecular flexibility index (Phi) is 7.50. The fourth-order valence-corrected chi connectivity index (χ4v) is 3.22. The zero-order chi connectivity index (χ0) is 22.2. The number of aromatic nitrogens is 3. The summed E-state index contributed by atoms with van der Waals surface area (Å²) < 4.78 is 0. The molecule has 2 aromatic carbocycles. The van der Waals surface area contributed by atoms with Crippen LogP contribution in [0.2, 0.25) is 0 Å². The molecular weight excluding hydrogens is 416 g/mol. The topological polar surface area (TPSA) is 136 Å². The van der Waals surface area contributed by atoms with Crippen molar-refractivity contribution in [3.05, 3.63) is 53.6 Å². The summed E-state index contributed by atoms with van der Waals surface area (Å²) in [7, 11) is 0. The largest absolute Gasteiger partial charge is 0.508 e. The van der Waals surface area contributed by atoms with Gasteiger partial charge in [0.1, 0.15) is 11.5 Å². The van der Waals surface area contributed by atoms with Crippen molar-refractivity contribution in [2.24, 2.45) is 5.10 Å². The molecule has 0 aliphatic carbocycles. The molecular formula is C21H24N6O3S. The van der Waals surface area contributed by atoms with Crippen LogP contribution in [0.4, 0.5) is 11.6 Å². The van der Waals surface area contributed by atoms with Crippen LogP contribution in [0.15, 0.2) is 52.7 Å². The number of amides is 1. The first-order valence-corrected chi connectivity index (χ1v) is 10.7. The summed E-state index contributed by atoms with van der Waals surface area (Å²) in [6, 6.07) is 12.1. The Morgan fingerprint density at radius 2 is 2.03 bits per heavy atom. The predicted octanol–water partition coefficient (Wildman–Crippen LogP) is 3.91. The third-order valence-corrected chi connectivity index (χ3v) is 5.41. The van der Waals surface area contributed by atoms with E-state index >= 15 is 0 Å². The first kappa shape index (κ1) is 22.2. The van der Waals surface area contributed by atoms with Crippen LogP contribution >= 0.6 is 11.8 Å². The lowest BCUT2D eigenvalue weighted by Gasteiger charge is -2.10. The predicted molar refractivity (Wildman–Crippen MR) is 122 cm³/mol. The fraction of sp³-hybridized carbons (Fsp3) is 0.238. The highest BCUT2D eigenvalue weighted by molar-refractivity contribution is 7.99. The molecule has 0 radical (unpaired) electrons. The van der Waals surface area contributed by atoms with Gasteiger partial charge in [-0.25, -0.2) is 10.5 Å². The van der Waals surface area contributed by atoms with Crippen LogP contribution in [-0.2, 0) is 4.79 Å². The second-order valence-electron chi connectivity index (χ2n) is 6.85. The number of thioether (sulfide) groups is 1. The minimum atomic E-state index is -0.151. The number of phenols is 2. The van der Waals surface area contributed by atoms with E-state index in [4.69, 9.17) is 0 Å². The Morgan fingerprint density at radius 3 is 2.74 bits per heavy atom. The zero-order valence-corrected chi connectivity index (χ0v) is 18.0. The molecule has 5 N–H and O–H groups in total. The maximum atomic E-state index is 12.2. The standard InChI is InChI=1S/C21H24N6O3S/c1-3-13(2)14-4-7-16(8-5-14)23-19(30)12-31-21-24-20(26-27-21)25-22-11-15-6-9-17(28)10-18(15)29/h4-11,13,28-29H,3,12H2,1-2H3,(H,23,30)(H2,24,25,26,27)/b22-11-/t13-/m1/s1. The number of H-pyrrole nitrogens is 1. The summed E-state index contributed by atoms with van der Waals surface area (Å²) in [5.74, 6) is 0.658. The lowest BCUT2D eigenvalue weighted by atomic mass is 9.99. The summed E-state index contributed by atoms with van der Waals surface area (Å²) in [4.78, 5) is 16.4. The number of nitrogens with one attached hydrogen (secondary N) is 3. The second kappa shape index (κ2) is 10.5. The Labute approximate surface area is 184 Å². The van der Waals surface area contributed by atoms with Gasteiger partial charge in [-0.15, -0.1) is 5.10 Å². The molecule has 0 spiro atoms. The molecule has 162 valence electrons. The van der Waals surface area contributed by atoms with Crippen LogP contribution < -0.4 is 10.7 Å². The minimum absolute atomic E-state index is 0.0355. The van der Waals surface area contributed by atoms with Gasteiger partial charge in [-0.2, -0.15) is 10.1 Å². The Hall–Kier alpha value is -3.53. The van der Waals surface area contributed by atoms with E-state index in [1.54, 1.807) is 0 Å². The van der Waals surface area contributed by atoms with Crippen molar-refractivity contribution in [3.8, 4) is 11.5 Å². The number of carbonyl (C=O) groups excluding carboxylic acids is 1. The third kappa shape index (κ3) is 6.48. The molecule has 0 bridgehead atoms. The van der Waals surface area contributed by atoms with E-state index in [0.717, 1.165) is 12.1 Å². The Balaban J connectivity index is 1.46. The Morgan fingerprint density at radius 1 is 1.26 bits per heavy atom. The highest BCUT2D eigenvalue weighted by atomic mass is 32.2. The monoisotopic (exact) mass is 440 g/mol. The number of carbonyl (C=O) groups is 1.